The highest BCUT2D eigenvalue weighted by Gasteiger charge is 2.27. The van der Waals surface area contributed by atoms with Crippen LogP contribution in [-0.2, 0) is 15.9 Å². The molecule has 0 aliphatic carbocycles. The molecule has 4 aromatic rings. The summed E-state index contributed by atoms with van der Waals surface area (Å²) in [6.45, 7) is 4.23. The van der Waals surface area contributed by atoms with E-state index in [9.17, 15) is 9.59 Å². The Balaban J connectivity index is 1.07. The van der Waals surface area contributed by atoms with Crippen LogP contribution in [-0.4, -0.2) is 66.2 Å². The maximum atomic E-state index is 13.5. The zero-order valence-electron chi connectivity index (χ0n) is 23.2. The number of benzene rings is 1. The second kappa shape index (κ2) is 12.0. The normalized spacial score (nSPS) is 18.2. The Labute approximate surface area is 256 Å². The van der Waals surface area contributed by atoms with Gasteiger partial charge in [-0.2, -0.15) is 5.10 Å². The van der Waals surface area contributed by atoms with E-state index in [0.717, 1.165) is 77.9 Å². The molecule has 1 fully saturated rings. The number of aromatic nitrogens is 2. The fraction of sp³-hybridized carbons (Fsp3) is 0.300. The number of halogens is 1. The van der Waals surface area contributed by atoms with Gasteiger partial charge in [0.15, 0.2) is 0 Å². The Morgan fingerprint density at radius 3 is 2.84 bits per heavy atom. The third-order valence-electron chi connectivity index (χ3n) is 7.96. The van der Waals surface area contributed by atoms with Crippen LogP contribution in [0.1, 0.15) is 33.5 Å². The fourth-order valence-electron chi connectivity index (χ4n) is 5.82. The lowest BCUT2D eigenvalue weighted by atomic mass is 10.0. The summed E-state index contributed by atoms with van der Waals surface area (Å²) in [5.74, 6) is -0.310. The Kier molecular flexibility index (Phi) is 7.76. The van der Waals surface area contributed by atoms with Crippen LogP contribution in [0.2, 0.25) is 5.02 Å². The number of carbonyl (C=O) groups excluding carboxylic acids is 1. The van der Waals surface area contributed by atoms with Gasteiger partial charge in [0, 0.05) is 47.7 Å². The van der Waals surface area contributed by atoms with E-state index in [2.05, 4.69) is 32.1 Å². The number of hydrogen-bond acceptors (Lipinski definition) is 10. The van der Waals surface area contributed by atoms with Gasteiger partial charge in [0.05, 0.1) is 35.5 Å². The van der Waals surface area contributed by atoms with Gasteiger partial charge < -0.3 is 19.0 Å². The van der Waals surface area contributed by atoms with Gasteiger partial charge >= 0.3 is 5.97 Å². The second-order valence-electron chi connectivity index (χ2n) is 10.6. The maximum absolute atomic E-state index is 13.5. The van der Waals surface area contributed by atoms with Crippen molar-refractivity contribution in [1.29, 1.82) is 0 Å². The lowest BCUT2D eigenvalue weighted by Crippen LogP contribution is -2.38. The SMILES string of the molecule is O=C(OCCN1CCOCC1)c1ccc(-c2ccc(C3CCc4cc(-c5cc(Cl)ccc5N5C=NNN5)cc(=O)n43)[nH]2)s1. The number of thiophene rings is 1. The van der Waals surface area contributed by atoms with E-state index in [1.54, 1.807) is 29.5 Å². The van der Waals surface area contributed by atoms with Gasteiger partial charge in [-0.05, 0) is 66.9 Å². The minimum atomic E-state index is -0.310. The number of anilines is 1. The van der Waals surface area contributed by atoms with Crippen LogP contribution >= 0.6 is 22.9 Å². The highest BCUT2D eigenvalue weighted by molar-refractivity contribution is 7.17. The van der Waals surface area contributed by atoms with Crippen molar-refractivity contribution in [3.8, 4) is 21.7 Å². The standard InChI is InChI=1S/C30H30ClN7O4S/c31-20-1-5-25(37-18-32-34-35-37)22(17-20)19-15-21-2-6-26(38(21)29(39)16-19)23-3-4-24(33-23)27-7-8-28(43-27)30(40)42-14-11-36-9-12-41-13-10-36/h1,3-5,7-8,15-18,26,33-35H,2,6,9-14H2. The topological polar surface area (TPSA) is 116 Å². The van der Waals surface area contributed by atoms with Gasteiger partial charge in [0.2, 0.25) is 0 Å². The molecule has 0 amide bonds. The second-order valence-corrected chi connectivity index (χ2v) is 12.1. The largest absolute Gasteiger partial charge is 0.460 e. The lowest BCUT2D eigenvalue weighted by Gasteiger charge is -2.26. The molecular weight excluding hydrogens is 590 g/mol. The number of aromatic amines is 1. The number of esters is 1. The molecule has 1 atom stereocenters. The predicted molar refractivity (Wildman–Crippen MR) is 166 cm³/mol. The number of fused-ring (bicyclic) bond motifs is 1. The minimum absolute atomic E-state index is 0.0727. The summed E-state index contributed by atoms with van der Waals surface area (Å²) in [6.07, 6.45) is 3.19. The molecule has 1 unspecified atom stereocenters. The summed E-state index contributed by atoms with van der Waals surface area (Å²) in [5, 5.41) is 6.31. The number of pyridine rings is 1. The monoisotopic (exact) mass is 619 g/mol. The van der Waals surface area contributed by atoms with Crippen LogP contribution in [0.3, 0.4) is 0 Å². The third kappa shape index (κ3) is 5.71. The molecule has 11 nitrogen and oxygen atoms in total. The van der Waals surface area contributed by atoms with Gasteiger partial charge in [-0.3, -0.25) is 9.69 Å². The first-order valence-corrected chi connectivity index (χ1v) is 15.4. The summed E-state index contributed by atoms with van der Waals surface area (Å²) >= 11 is 7.75. The van der Waals surface area contributed by atoms with E-state index in [-0.39, 0.29) is 17.6 Å². The molecule has 0 saturated carbocycles. The molecule has 3 aromatic heterocycles. The highest BCUT2D eigenvalue weighted by Crippen LogP contribution is 2.37. The van der Waals surface area contributed by atoms with Crippen molar-refractivity contribution < 1.29 is 14.3 Å². The van der Waals surface area contributed by atoms with Crippen molar-refractivity contribution in [2.24, 2.45) is 5.10 Å². The molecule has 1 saturated heterocycles. The Morgan fingerprint density at radius 2 is 2.00 bits per heavy atom. The summed E-state index contributed by atoms with van der Waals surface area (Å²) in [7, 11) is 0. The molecule has 0 bridgehead atoms. The molecule has 222 valence electrons. The predicted octanol–water partition coefficient (Wildman–Crippen LogP) is 4.02. The molecule has 3 aliphatic rings. The van der Waals surface area contributed by atoms with E-state index in [0.29, 0.717) is 23.1 Å². The zero-order valence-corrected chi connectivity index (χ0v) is 24.8. The van der Waals surface area contributed by atoms with Crippen LogP contribution in [0.25, 0.3) is 21.7 Å². The minimum Gasteiger partial charge on any atom is -0.460 e. The summed E-state index contributed by atoms with van der Waals surface area (Å²) in [4.78, 5) is 33.4. The van der Waals surface area contributed by atoms with E-state index in [4.69, 9.17) is 21.1 Å². The first-order valence-electron chi connectivity index (χ1n) is 14.2. The van der Waals surface area contributed by atoms with Crippen molar-refractivity contribution in [3.05, 3.63) is 86.2 Å². The van der Waals surface area contributed by atoms with E-state index in [1.165, 1.54) is 11.3 Å². The molecule has 43 heavy (non-hydrogen) atoms. The number of nitrogens with zero attached hydrogens (tertiary/aromatic N) is 4. The number of hydrogen-bond donors (Lipinski definition) is 3. The number of nitrogens with one attached hydrogen (secondary N) is 3. The van der Waals surface area contributed by atoms with E-state index >= 15 is 0 Å². The maximum Gasteiger partial charge on any atom is 0.348 e. The molecule has 0 spiro atoms. The quantitative estimate of drug-likeness (QED) is 0.253. The van der Waals surface area contributed by atoms with Gasteiger partial charge in [-0.15, -0.1) is 16.9 Å². The van der Waals surface area contributed by atoms with Gasteiger partial charge in [-0.1, -0.05) is 11.6 Å². The molecular formula is C30H30ClN7O4S. The van der Waals surface area contributed by atoms with Crippen LogP contribution < -0.4 is 21.6 Å². The molecule has 7 rings (SSSR count). The van der Waals surface area contributed by atoms with Crippen LogP contribution in [0.5, 0.6) is 0 Å². The first kappa shape index (κ1) is 27.9. The first-order chi connectivity index (χ1) is 21.0. The van der Waals surface area contributed by atoms with Crippen molar-refractivity contribution >= 4 is 40.9 Å². The lowest BCUT2D eigenvalue weighted by molar-refractivity contribution is 0.0197. The van der Waals surface area contributed by atoms with Gasteiger partial charge in [0.1, 0.15) is 17.8 Å². The van der Waals surface area contributed by atoms with E-state index in [1.807, 2.05) is 34.9 Å². The van der Waals surface area contributed by atoms with Crippen molar-refractivity contribution in [2.45, 2.75) is 18.9 Å². The fourth-order valence-corrected chi connectivity index (χ4v) is 6.87. The molecule has 1 aromatic carbocycles. The van der Waals surface area contributed by atoms with E-state index < -0.39 is 0 Å². The number of hydrazine groups is 2. The smallest absolute Gasteiger partial charge is 0.348 e. The highest BCUT2D eigenvalue weighted by atomic mass is 35.5. The average Bonchev–Trinajstić information content (AvgIpc) is 3.84. The summed E-state index contributed by atoms with van der Waals surface area (Å²) < 4.78 is 12.8. The Hall–Kier alpha value is -3.94. The zero-order chi connectivity index (χ0) is 29.3. The molecule has 3 aliphatic heterocycles. The molecule has 6 heterocycles. The number of rotatable bonds is 8. The number of hydrazone groups is 1. The van der Waals surface area contributed by atoms with Gasteiger partial charge in [0.25, 0.3) is 5.56 Å². The molecule has 3 N–H and O–H groups in total. The third-order valence-corrected chi connectivity index (χ3v) is 9.29. The average molecular weight is 620 g/mol. The molecule has 13 heteroatoms. The Bertz CT molecular complexity index is 1740. The molecule has 0 radical (unpaired) electrons. The summed E-state index contributed by atoms with van der Waals surface area (Å²) in [5.41, 5.74) is 10.8. The van der Waals surface area contributed by atoms with Crippen molar-refractivity contribution in [1.82, 2.24) is 25.5 Å². The summed E-state index contributed by atoms with van der Waals surface area (Å²) in [6, 6.07) is 16.9. The van der Waals surface area contributed by atoms with Crippen LogP contribution in [0, 0.1) is 0 Å². The Morgan fingerprint density at radius 1 is 1.12 bits per heavy atom. The number of aryl methyl sites for hydroxylation is 1. The number of morpholine rings is 1. The van der Waals surface area contributed by atoms with Crippen molar-refractivity contribution in [3.63, 3.8) is 0 Å². The van der Waals surface area contributed by atoms with Gasteiger partial charge in [-0.25, -0.2) is 15.3 Å². The van der Waals surface area contributed by atoms with Crippen LogP contribution in [0.15, 0.2) is 64.5 Å². The van der Waals surface area contributed by atoms with Crippen molar-refractivity contribution in [2.75, 3.05) is 44.5 Å². The number of ether oxygens (including phenoxy) is 2. The van der Waals surface area contributed by atoms with Crippen LogP contribution in [0.4, 0.5) is 5.69 Å². The number of carbonyl (C=O) groups is 1. The number of H-pyrrole nitrogens is 1.